The quantitative estimate of drug-likeness (QED) is 0.610. The smallest absolute Gasteiger partial charge is 0.0660 e. The Labute approximate surface area is 80.2 Å². The van der Waals surface area contributed by atoms with Gasteiger partial charge in [-0.1, -0.05) is 0 Å². The predicted molar refractivity (Wildman–Crippen MR) is 51.7 cm³/mol. The zero-order chi connectivity index (χ0) is 9.05. The van der Waals surface area contributed by atoms with Crippen molar-refractivity contribution in [2.45, 2.75) is 51.3 Å². The second kappa shape index (κ2) is 2.48. The number of nitrogens with zero attached hydrogens (tertiary/aromatic N) is 1. The second-order valence-electron chi connectivity index (χ2n) is 5.34. The Morgan fingerprint density at radius 2 is 2.15 bits per heavy atom. The zero-order valence-electron chi connectivity index (χ0n) is 8.62. The van der Waals surface area contributed by atoms with E-state index >= 15 is 0 Å². The average Bonchev–Trinajstić information content (AvgIpc) is 2.74. The first kappa shape index (κ1) is 8.25. The van der Waals surface area contributed by atoms with Crippen LogP contribution in [0.3, 0.4) is 0 Å². The van der Waals surface area contributed by atoms with Gasteiger partial charge in [-0.05, 0) is 33.1 Å². The summed E-state index contributed by atoms with van der Waals surface area (Å²) >= 11 is 0. The van der Waals surface area contributed by atoms with Crippen LogP contribution in [0.25, 0.3) is 0 Å². The maximum absolute atomic E-state index is 5.89. The van der Waals surface area contributed by atoms with Gasteiger partial charge >= 0.3 is 0 Å². The largest absolute Gasteiger partial charge is 0.376 e. The van der Waals surface area contributed by atoms with E-state index in [-0.39, 0.29) is 0 Å². The highest BCUT2D eigenvalue weighted by Gasteiger charge is 2.58. The summed E-state index contributed by atoms with van der Waals surface area (Å²) in [6.45, 7) is 6.92. The van der Waals surface area contributed by atoms with Crippen molar-refractivity contribution < 1.29 is 4.74 Å². The molecule has 1 spiro atoms. The number of likely N-dealkylation sites (tertiary alicyclic amines) is 1. The topological polar surface area (TPSA) is 12.5 Å². The molecule has 0 amide bonds. The van der Waals surface area contributed by atoms with Crippen LogP contribution in [0.15, 0.2) is 0 Å². The molecule has 3 rings (SSSR count). The van der Waals surface area contributed by atoms with Gasteiger partial charge in [0, 0.05) is 24.0 Å². The minimum absolute atomic E-state index is 0.595. The third-order valence-corrected chi connectivity index (χ3v) is 4.18. The van der Waals surface area contributed by atoms with E-state index in [0.717, 1.165) is 12.6 Å². The number of fused-ring (bicyclic) bond motifs is 3. The van der Waals surface area contributed by atoms with Crippen LogP contribution in [0.5, 0.6) is 0 Å². The third-order valence-electron chi connectivity index (χ3n) is 4.18. The first-order chi connectivity index (χ1) is 6.21. The average molecular weight is 181 g/mol. The number of hydrogen-bond acceptors (Lipinski definition) is 2. The van der Waals surface area contributed by atoms with Gasteiger partial charge in [0.1, 0.15) is 0 Å². The molecule has 2 saturated heterocycles. The number of piperidine rings is 1. The molecule has 0 aromatic carbocycles. The van der Waals surface area contributed by atoms with Gasteiger partial charge in [-0.25, -0.2) is 0 Å². The van der Waals surface area contributed by atoms with E-state index in [1.165, 1.54) is 25.8 Å². The Bertz CT molecular complexity index is 222. The number of ether oxygens (including phenoxy) is 1. The van der Waals surface area contributed by atoms with E-state index in [2.05, 4.69) is 18.7 Å². The molecule has 2 atom stereocenters. The molecule has 2 unspecified atom stereocenters. The van der Waals surface area contributed by atoms with E-state index in [1.807, 2.05) is 0 Å². The maximum atomic E-state index is 5.89. The number of rotatable bonds is 1. The summed E-state index contributed by atoms with van der Waals surface area (Å²) in [7, 11) is 0. The lowest BCUT2D eigenvalue weighted by atomic mass is 9.88. The van der Waals surface area contributed by atoms with Crippen LogP contribution >= 0.6 is 0 Å². The van der Waals surface area contributed by atoms with Crippen LogP contribution in [-0.4, -0.2) is 36.2 Å². The molecule has 13 heavy (non-hydrogen) atoms. The lowest BCUT2D eigenvalue weighted by Gasteiger charge is -2.39. The van der Waals surface area contributed by atoms with E-state index in [4.69, 9.17) is 4.74 Å². The molecule has 2 heteroatoms. The fourth-order valence-corrected chi connectivity index (χ4v) is 3.11. The van der Waals surface area contributed by atoms with Crippen molar-refractivity contribution in [2.75, 3.05) is 13.2 Å². The summed E-state index contributed by atoms with van der Waals surface area (Å²) in [6.07, 6.45) is 4.74. The summed E-state index contributed by atoms with van der Waals surface area (Å²) < 4.78 is 5.89. The van der Waals surface area contributed by atoms with Crippen molar-refractivity contribution in [1.82, 2.24) is 4.90 Å². The van der Waals surface area contributed by atoms with Gasteiger partial charge < -0.3 is 4.74 Å². The van der Waals surface area contributed by atoms with Crippen molar-refractivity contribution >= 4 is 0 Å². The minimum atomic E-state index is 0.595. The van der Waals surface area contributed by atoms with Crippen LogP contribution in [0.2, 0.25) is 0 Å². The molecule has 3 fully saturated rings. The van der Waals surface area contributed by atoms with Crippen molar-refractivity contribution in [3.05, 3.63) is 0 Å². The monoisotopic (exact) mass is 181 g/mol. The van der Waals surface area contributed by atoms with E-state index < -0.39 is 0 Å². The molecule has 3 aliphatic rings. The van der Waals surface area contributed by atoms with E-state index in [0.29, 0.717) is 17.6 Å². The van der Waals surface area contributed by atoms with E-state index in [1.54, 1.807) is 0 Å². The van der Waals surface area contributed by atoms with Crippen LogP contribution in [0.1, 0.15) is 33.1 Å². The van der Waals surface area contributed by atoms with Crippen LogP contribution < -0.4 is 0 Å². The SMILES string of the molecule is CC(C)N1CC2(CC2)C2CC1CO2. The molecule has 2 aliphatic heterocycles. The summed E-state index contributed by atoms with van der Waals surface area (Å²) in [6, 6.07) is 1.43. The Morgan fingerprint density at radius 3 is 2.77 bits per heavy atom. The van der Waals surface area contributed by atoms with Gasteiger partial charge in [0.05, 0.1) is 12.7 Å². The summed E-state index contributed by atoms with van der Waals surface area (Å²) in [5.41, 5.74) is 0.595. The molecule has 1 aliphatic carbocycles. The standard InChI is InChI=1S/C11H19NO/c1-8(2)12-7-11(3-4-11)10-5-9(12)6-13-10/h8-10H,3-7H2,1-2H3. The van der Waals surface area contributed by atoms with Crippen LogP contribution in [0, 0.1) is 5.41 Å². The summed E-state index contributed by atoms with van der Waals surface area (Å²) in [5, 5.41) is 0. The van der Waals surface area contributed by atoms with Gasteiger partial charge in [-0.15, -0.1) is 0 Å². The highest BCUT2D eigenvalue weighted by molar-refractivity contribution is 5.09. The van der Waals surface area contributed by atoms with Gasteiger partial charge in [0.25, 0.3) is 0 Å². The summed E-state index contributed by atoms with van der Waals surface area (Å²) in [4.78, 5) is 2.66. The maximum Gasteiger partial charge on any atom is 0.0660 e. The lowest BCUT2D eigenvalue weighted by Crippen LogP contribution is -2.49. The Hall–Kier alpha value is -0.0800. The predicted octanol–water partition coefficient (Wildman–Crippen LogP) is 1.65. The highest BCUT2D eigenvalue weighted by atomic mass is 16.5. The fourth-order valence-electron chi connectivity index (χ4n) is 3.11. The van der Waals surface area contributed by atoms with Crippen LogP contribution in [0.4, 0.5) is 0 Å². The summed E-state index contributed by atoms with van der Waals surface area (Å²) in [5.74, 6) is 0. The van der Waals surface area contributed by atoms with Crippen molar-refractivity contribution in [3.8, 4) is 0 Å². The van der Waals surface area contributed by atoms with Gasteiger partial charge in [-0.3, -0.25) is 4.90 Å². The Kier molecular flexibility index (Phi) is 1.58. The first-order valence-corrected chi connectivity index (χ1v) is 5.59. The molecule has 2 bridgehead atoms. The minimum Gasteiger partial charge on any atom is -0.376 e. The first-order valence-electron chi connectivity index (χ1n) is 5.59. The van der Waals surface area contributed by atoms with Crippen molar-refractivity contribution in [3.63, 3.8) is 0 Å². The number of hydrogen-bond donors (Lipinski definition) is 0. The van der Waals surface area contributed by atoms with Crippen LogP contribution in [-0.2, 0) is 4.74 Å². The molecule has 0 aromatic rings. The van der Waals surface area contributed by atoms with Crippen molar-refractivity contribution in [1.29, 1.82) is 0 Å². The molecular formula is C11H19NO. The van der Waals surface area contributed by atoms with E-state index in [9.17, 15) is 0 Å². The molecule has 2 heterocycles. The molecular weight excluding hydrogens is 162 g/mol. The van der Waals surface area contributed by atoms with Gasteiger partial charge in [-0.2, -0.15) is 0 Å². The molecule has 1 saturated carbocycles. The highest BCUT2D eigenvalue weighted by Crippen LogP contribution is 2.56. The molecule has 0 aromatic heterocycles. The Balaban J connectivity index is 1.84. The Morgan fingerprint density at radius 1 is 1.38 bits per heavy atom. The fraction of sp³-hybridized carbons (Fsp3) is 1.00. The molecule has 0 N–H and O–H groups in total. The third kappa shape index (κ3) is 1.08. The normalized spacial score (nSPS) is 41.8. The van der Waals surface area contributed by atoms with Gasteiger partial charge in [0.15, 0.2) is 0 Å². The molecule has 74 valence electrons. The lowest BCUT2D eigenvalue weighted by molar-refractivity contribution is 0.0350. The van der Waals surface area contributed by atoms with Gasteiger partial charge in [0.2, 0.25) is 0 Å². The second-order valence-corrected chi connectivity index (χ2v) is 5.34. The van der Waals surface area contributed by atoms with Crippen molar-refractivity contribution in [2.24, 2.45) is 5.41 Å². The molecule has 0 radical (unpaired) electrons. The zero-order valence-corrected chi connectivity index (χ0v) is 8.62. The molecule has 2 nitrogen and oxygen atoms in total.